The highest BCUT2D eigenvalue weighted by molar-refractivity contribution is 7.22. The average Bonchev–Trinajstić information content (AvgIpc) is 3.12. The summed E-state index contributed by atoms with van der Waals surface area (Å²) in [5.74, 6) is -0.0772. The van der Waals surface area contributed by atoms with E-state index in [0.29, 0.717) is 17.7 Å². The number of hydrogen-bond donors (Lipinski definition) is 1. The molecule has 1 amide bonds. The van der Waals surface area contributed by atoms with Crippen molar-refractivity contribution in [3.63, 3.8) is 0 Å². The van der Waals surface area contributed by atoms with Gasteiger partial charge in [0.2, 0.25) is 0 Å². The Morgan fingerprint density at radius 1 is 1.18 bits per heavy atom. The van der Waals surface area contributed by atoms with E-state index in [9.17, 15) is 4.79 Å². The van der Waals surface area contributed by atoms with Gasteiger partial charge in [0.25, 0.3) is 5.91 Å². The number of amides is 1. The van der Waals surface area contributed by atoms with Crippen LogP contribution in [0.25, 0.3) is 10.2 Å². The largest absolute Gasteiger partial charge is 0.340 e. The van der Waals surface area contributed by atoms with Crippen LogP contribution in [-0.2, 0) is 0 Å². The number of aromatic nitrogens is 1. The van der Waals surface area contributed by atoms with Crippen molar-refractivity contribution >= 4 is 32.6 Å². The second-order valence-electron chi connectivity index (χ2n) is 7.31. The highest BCUT2D eigenvalue weighted by Gasteiger charge is 2.22. The van der Waals surface area contributed by atoms with Gasteiger partial charge >= 0.3 is 0 Å². The van der Waals surface area contributed by atoms with E-state index in [-0.39, 0.29) is 5.91 Å². The zero-order valence-electron chi connectivity index (χ0n) is 16.7. The van der Waals surface area contributed by atoms with Crippen LogP contribution in [0.2, 0.25) is 0 Å². The van der Waals surface area contributed by atoms with E-state index in [1.54, 1.807) is 40.5 Å². The van der Waals surface area contributed by atoms with E-state index in [0.717, 1.165) is 33.9 Å². The molecule has 0 aliphatic carbocycles. The predicted octanol–water partition coefficient (Wildman–Crippen LogP) is 2.97. The van der Waals surface area contributed by atoms with Gasteiger partial charge in [0.1, 0.15) is 0 Å². The number of nitrogens with zero attached hydrogens (tertiary/aromatic N) is 3. The molecule has 1 heterocycles. The molecule has 0 saturated heterocycles. The first-order valence-electron chi connectivity index (χ1n) is 9.38. The minimum absolute atomic E-state index is 0.0772. The lowest BCUT2D eigenvalue weighted by Crippen LogP contribution is -3.05. The highest BCUT2D eigenvalue weighted by Crippen LogP contribution is 2.32. The third-order valence-corrected chi connectivity index (χ3v) is 5.91. The Labute approximate surface area is 169 Å². The minimum Gasteiger partial charge on any atom is -0.340 e. The second-order valence-corrected chi connectivity index (χ2v) is 8.32. The summed E-state index contributed by atoms with van der Waals surface area (Å²) >= 11 is 1.55. The summed E-state index contributed by atoms with van der Waals surface area (Å²) in [7, 11) is 4.22. The van der Waals surface area contributed by atoms with Gasteiger partial charge in [-0.3, -0.25) is 9.69 Å². The number of benzene rings is 2. The average molecular weight is 394 g/mol. The maximum absolute atomic E-state index is 13.3. The van der Waals surface area contributed by atoms with Crippen molar-refractivity contribution in [3.05, 3.63) is 58.7 Å². The van der Waals surface area contributed by atoms with Gasteiger partial charge in [-0.05, 0) is 55.3 Å². The van der Waals surface area contributed by atoms with Crippen molar-refractivity contribution < 1.29 is 9.69 Å². The molecule has 3 aromatic rings. The summed E-state index contributed by atoms with van der Waals surface area (Å²) in [6.07, 6.45) is 0.887. The molecule has 0 atom stereocenters. The monoisotopic (exact) mass is 393 g/mol. The standard InChI is InChI=1S/C22H24N4OS/c1-15-6-11-19-20(16(15)2)24-22(28-19)26(13-5-12-25(3)4)21(27)18-9-7-17(14-23)8-10-18/h6-11H,5,12-13H2,1-4H3/p+1. The van der Waals surface area contributed by atoms with E-state index in [2.05, 4.69) is 46.1 Å². The van der Waals surface area contributed by atoms with Crippen LogP contribution in [0.3, 0.4) is 0 Å². The van der Waals surface area contributed by atoms with E-state index in [1.165, 1.54) is 10.5 Å². The fourth-order valence-corrected chi connectivity index (χ4v) is 4.10. The molecular weight excluding hydrogens is 368 g/mol. The summed E-state index contributed by atoms with van der Waals surface area (Å²) in [6, 6.07) is 13.1. The molecule has 3 rings (SSSR count). The number of rotatable bonds is 6. The molecule has 0 unspecified atom stereocenters. The van der Waals surface area contributed by atoms with Crippen molar-refractivity contribution in [3.8, 4) is 6.07 Å². The molecule has 0 saturated carbocycles. The second kappa shape index (κ2) is 8.51. The predicted molar refractivity (Wildman–Crippen MR) is 114 cm³/mol. The lowest BCUT2D eigenvalue weighted by atomic mass is 10.1. The van der Waals surface area contributed by atoms with Crippen LogP contribution < -0.4 is 9.80 Å². The summed E-state index contributed by atoms with van der Waals surface area (Å²) in [5.41, 5.74) is 4.44. The van der Waals surface area contributed by atoms with Crippen molar-refractivity contribution in [1.82, 2.24) is 4.98 Å². The highest BCUT2D eigenvalue weighted by atomic mass is 32.1. The van der Waals surface area contributed by atoms with Crippen molar-refractivity contribution in [2.24, 2.45) is 0 Å². The van der Waals surface area contributed by atoms with Crippen molar-refractivity contribution in [2.75, 3.05) is 32.1 Å². The van der Waals surface area contributed by atoms with Crippen LogP contribution in [-0.4, -0.2) is 38.1 Å². The van der Waals surface area contributed by atoms with Gasteiger partial charge in [0, 0.05) is 18.5 Å². The number of anilines is 1. The van der Waals surface area contributed by atoms with E-state index in [4.69, 9.17) is 10.2 Å². The van der Waals surface area contributed by atoms with Gasteiger partial charge in [0.05, 0.1) is 42.5 Å². The first kappa shape index (κ1) is 20.0. The van der Waals surface area contributed by atoms with Crippen LogP contribution in [0, 0.1) is 25.2 Å². The number of nitrogens with one attached hydrogen (secondary N) is 1. The fraction of sp³-hybridized carbons (Fsp3) is 0.318. The molecule has 1 N–H and O–H groups in total. The quantitative estimate of drug-likeness (QED) is 0.700. The molecule has 2 aromatic carbocycles. The Morgan fingerprint density at radius 3 is 2.54 bits per heavy atom. The third kappa shape index (κ3) is 4.22. The maximum atomic E-state index is 13.3. The van der Waals surface area contributed by atoms with E-state index in [1.807, 2.05) is 0 Å². The van der Waals surface area contributed by atoms with E-state index >= 15 is 0 Å². The third-order valence-electron chi connectivity index (χ3n) is 4.87. The SMILES string of the molecule is Cc1ccc2sc(N(CCC[NH+](C)C)C(=O)c3ccc(C#N)cc3)nc2c1C. The number of carbonyl (C=O) groups is 1. The van der Waals surface area contributed by atoms with Gasteiger partial charge in [-0.15, -0.1) is 0 Å². The molecule has 0 fully saturated rings. The topological polar surface area (TPSA) is 61.4 Å². The van der Waals surface area contributed by atoms with Gasteiger partial charge < -0.3 is 4.90 Å². The zero-order chi connectivity index (χ0) is 20.3. The molecule has 0 aliphatic heterocycles. The number of quaternary nitrogens is 1. The van der Waals surface area contributed by atoms with Gasteiger partial charge in [0.15, 0.2) is 5.13 Å². The lowest BCUT2D eigenvalue weighted by Gasteiger charge is -2.20. The first-order chi connectivity index (χ1) is 13.4. The van der Waals surface area contributed by atoms with Crippen LogP contribution in [0.1, 0.15) is 33.5 Å². The molecule has 144 valence electrons. The van der Waals surface area contributed by atoms with Crippen LogP contribution in [0.5, 0.6) is 0 Å². The number of thiazole rings is 1. The molecule has 0 radical (unpaired) electrons. The normalized spacial score (nSPS) is 11.0. The molecule has 0 bridgehead atoms. The van der Waals surface area contributed by atoms with Gasteiger partial charge in [-0.1, -0.05) is 17.4 Å². The summed E-state index contributed by atoms with van der Waals surface area (Å²) in [6.45, 7) is 5.73. The first-order valence-corrected chi connectivity index (χ1v) is 10.2. The molecule has 5 nitrogen and oxygen atoms in total. The minimum atomic E-state index is -0.0772. The van der Waals surface area contributed by atoms with E-state index < -0.39 is 0 Å². The smallest absolute Gasteiger partial charge is 0.260 e. The van der Waals surface area contributed by atoms with Crippen LogP contribution in [0.15, 0.2) is 36.4 Å². The summed E-state index contributed by atoms with van der Waals surface area (Å²) < 4.78 is 1.09. The Morgan fingerprint density at radius 2 is 1.89 bits per heavy atom. The fourth-order valence-electron chi connectivity index (χ4n) is 3.05. The number of nitriles is 1. The maximum Gasteiger partial charge on any atom is 0.260 e. The Hall–Kier alpha value is -2.75. The molecule has 0 spiro atoms. The summed E-state index contributed by atoms with van der Waals surface area (Å²) in [5, 5.41) is 9.72. The zero-order valence-corrected chi connectivity index (χ0v) is 17.6. The van der Waals surface area contributed by atoms with Crippen LogP contribution >= 0.6 is 11.3 Å². The Kier molecular flexibility index (Phi) is 6.08. The Bertz CT molecular complexity index is 1030. The molecule has 0 aliphatic rings. The lowest BCUT2D eigenvalue weighted by molar-refractivity contribution is -0.858. The molecule has 28 heavy (non-hydrogen) atoms. The number of hydrogen-bond acceptors (Lipinski definition) is 4. The molecule has 6 heteroatoms. The molecule has 1 aromatic heterocycles. The number of fused-ring (bicyclic) bond motifs is 1. The van der Waals surface area contributed by atoms with Gasteiger partial charge in [-0.25, -0.2) is 4.98 Å². The Balaban J connectivity index is 1.97. The molecular formula is C22H25N4OS+. The van der Waals surface area contributed by atoms with Crippen molar-refractivity contribution in [2.45, 2.75) is 20.3 Å². The van der Waals surface area contributed by atoms with Gasteiger partial charge in [-0.2, -0.15) is 5.26 Å². The summed E-state index contributed by atoms with van der Waals surface area (Å²) in [4.78, 5) is 21.2. The number of aryl methyl sites for hydroxylation is 2. The number of carbonyl (C=O) groups excluding carboxylic acids is 1. The van der Waals surface area contributed by atoms with Crippen LogP contribution in [0.4, 0.5) is 5.13 Å². The van der Waals surface area contributed by atoms with Crippen molar-refractivity contribution in [1.29, 1.82) is 5.26 Å².